The van der Waals surface area contributed by atoms with Crippen LogP contribution >= 0.6 is 0 Å². The molecule has 2 aliphatic heterocycles. The van der Waals surface area contributed by atoms with Crippen LogP contribution in [0.2, 0.25) is 0 Å². The van der Waals surface area contributed by atoms with Gasteiger partial charge in [-0.3, -0.25) is 4.79 Å². The SMILES string of the molecule is O=C/C=C/N1CCN(c2cc(N3CCC(Nc4ccccc4)C3)ncn2)CC1. The van der Waals surface area contributed by atoms with Crippen molar-refractivity contribution in [2.24, 2.45) is 0 Å². The highest BCUT2D eigenvalue weighted by atomic mass is 16.1. The van der Waals surface area contributed by atoms with Crippen LogP contribution in [0.15, 0.2) is 55.0 Å². The van der Waals surface area contributed by atoms with E-state index in [1.165, 1.54) is 5.69 Å². The van der Waals surface area contributed by atoms with Gasteiger partial charge in [0.1, 0.15) is 24.2 Å². The molecule has 3 heterocycles. The summed E-state index contributed by atoms with van der Waals surface area (Å²) in [4.78, 5) is 26.2. The van der Waals surface area contributed by atoms with Gasteiger partial charge < -0.3 is 20.0 Å². The maximum atomic E-state index is 10.5. The van der Waals surface area contributed by atoms with Crippen molar-refractivity contribution in [1.82, 2.24) is 14.9 Å². The van der Waals surface area contributed by atoms with Crippen molar-refractivity contribution in [2.75, 3.05) is 54.4 Å². The highest BCUT2D eigenvalue weighted by Gasteiger charge is 2.24. The highest BCUT2D eigenvalue weighted by Crippen LogP contribution is 2.24. The molecule has 1 unspecified atom stereocenters. The maximum absolute atomic E-state index is 10.5. The monoisotopic (exact) mass is 378 g/mol. The van der Waals surface area contributed by atoms with Crippen molar-refractivity contribution in [3.63, 3.8) is 0 Å². The molecular weight excluding hydrogens is 352 g/mol. The zero-order valence-corrected chi connectivity index (χ0v) is 15.9. The quantitative estimate of drug-likeness (QED) is 0.609. The van der Waals surface area contributed by atoms with E-state index in [2.05, 4.69) is 60.3 Å². The topological polar surface area (TPSA) is 64.6 Å². The Kier molecular flexibility index (Phi) is 5.70. The zero-order valence-electron chi connectivity index (χ0n) is 15.9. The maximum Gasteiger partial charge on any atom is 0.144 e. The number of aromatic nitrogens is 2. The van der Waals surface area contributed by atoms with E-state index >= 15 is 0 Å². The Morgan fingerprint density at radius 3 is 2.46 bits per heavy atom. The van der Waals surface area contributed by atoms with Crippen LogP contribution in [0.25, 0.3) is 0 Å². The second-order valence-corrected chi connectivity index (χ2v) is 7.18. The second kappa shape index (κ2) is 8.73. The Labute approximate surface area is 165 Å². The summed E-state index contributed by atoms with van der Waals surface area (Å²) in [6, 6.07) is 12.9. The predicted octanol–water partition coefficient (Wildman–Crippen LogP) is 2.00. The van der Waals surface area contributed by atoms with Gasteiger partial charge in [0.2, 0.25) is 0 Å². The third-order valence-corrected chi connectivity index (χ3v) is 5.31. The van der Waals surface area contributed by atoms with E-state index in [1.54, 1.807) is 12.4 Å². The molecule has 7 nitrogen and oxygen atoms in total. The number of nitrogens with one attached hydrogen (secondary N) is 1. The number of carbonyl (C=O) groups excluding carboxylic acids is 1. The number of allylic oxidation sites excluding steroid dienone is 1. The van der Waals surface area contributed by atoms with E-state index in [4.69, 9.17) is 0 Å². The number of para-hydroxylation sites is 1. The molecular formula is C21H26N6O. The van der Waals surface area contributed by atoms with Crippen molar-refractivity contribution >= 4 is 23.6 Å². The molecule has 2 saturated heterocycles. The molecule has 0 spiro atoms. The third kappa shape index (κ3) is 4.42. The Morgan fingerprint density at radius 1 is 0.964 bits per heavy atom. The lowest BCUT2D eigenvalue weighted by Crippen LogP contribution is -2.44. The minimum atomic E-state index is 0.425. The molecule has 0 radical (unpaired) electrons. The normalized spacial score (nSPS) is 20.0. The van der Waals surface area contributed by atoms with Crippen LogP contribution in [-0.2, 0) is 4.79 Å². The molecule has 1 N–H and O–H groups in total. The van der Waals surface area contributed by atoms with E-state index in [9.17, 15) is 4.79 Å². The van der Waals surface area contributed by atoms with Crippen LogP contribution in [0, 0.1) is 0 Å². The molecule has 4 rings (SSSR count). The summed E-state index contributed by atoms with van der Waals surface area (Å²) in [5, 5.41) is 3.61. The molecule has 0 saturated carbocycles. The number of carbonyl (C=O) groups is 1. The average molecular weight is 378 g/mol. The molecule has 146 valence electrons. The molecule has 2 aliphatic rings. The summed E-state index contributed by atoms with van der Waals surface area (Å²) in [7, 11) is 0. The first-order valence-electron chi connectivity index (χ1n) is 9.81. The number of anilines is 3. The van der Waals surface area contributed by atoms with Gasteiger partial charge in [-0.2, -0.15) is 0 Å². The van der Waals surface area contributed by atoms with Crippen molar-refractivity contribution in [1.29, 1.82) is 0 Å². The molecule has 0 bridgehead atoms. The number of piperazine rings is 1. The fourth-order valence-electron chi connectivity index (χ4n) is 3.80. The molecule has 0 amide bonds. The number of rotatable bonds is 6. The summed E-state index contributed by atoms with van der Waals surface area (Å²) < 4.78 is 0. The first-order chi connectivity index (χ1) is 13.8. The Balaban J connectivity index is 1.35. The van der Waals surface area contributed by atoms with Crippen LogP contribution < -0.4 is 15.1 Å². The summed E-state index contributed by atoms with van der Waals surface area (Å²) >= 11 is 0. The van der Waals surface area contributed by atoms with E-state index in [0.29, 0.717) is 6.04 Å². The second-order valence-electron chi connectivity index (χ2n) is 7.18. The van der Waals surface area contributed by atoms with Gasteiger partial charge in [-0.1, -0.05) is 18.2 Å². The number of hydrogen-bond acceptors (Lipinski definition) is 7. The highest BCUT2D eigenvalue weighted by molar-refractivity contribution is 5.64. The van der Waals surface area contributed by atoms with Gasteiger partial charge in [-0.15, -0.1) is 0 Å². The van der Waals surface area contributed by atoms with Crippen molar-refractivity contribution < 1.29 is 4.79 Å². The smallest absolute Gasteiger partial charge is 0.144 e. The summed E-state index contributed by atoms with van der Waals surface area (Å²) in [6.45, 7) is 5.48. The minimum absolute atomic E-state index is 0.425. The van der Waals surface area contributed by atoms with Gasteiger partial charge in [-0.25, -0.2) is 9.97 Å². The van der Waals surface area contributed by atoms with Gasteiger partial charge >= 0.3 is 0 Å². The summed E-state index contributed by atoms with van der Waals surface area (Å²) in [5.41, 5.74) is 1.17. The summed E-state index contributed by atoms with van der Waals surface area (Å²) in [5.74, 6) is 1.97. The average Bonchev–Trinajstić information content (AvgIpc) is 3.22. The van der Waals surface area contributed by atoms with E-state index in [0.717, 1.165) is 63.6 Å². The first kappa shape index (κ1) is 18.3. The Hall–Kier alpha value is -3.09. The van der Waals surface area contributed by atoms with Gasteiger partial charge in [0, 0.05) is 63.3 Å². The standard InChI is InChI=1S/C21H26N6O/c28-14-4-8-25-10-12-26(13-11-25)20-15-21(23-17-22-20)27-9-7-19(16-27)24-18-5-2-1-3-6-18/h1-6,8,14-15,17,19,24H,7,9-13,16H2/b8-4+. The zero-order chi connectivity index (χ0) is 19.2. The van der Waals surface area contributed by atoms with Crippen LogP contribution in [0.5, 0.6) is 0 Å². The van der Waals surface area contributed by atoms with Crippen LogP contribution in [0.4, 0.5) is 17.3 Å². The lowest BCUT2D eigenvalue weighted by molar-refractivity contribution is -0.104. The van der Waals surface area contributed by atoms with E-state index in [-0.39, 0.29) is 0 Å². The minimum Gasteiger partial charge on any atom is -0.380 e. The Bertz CT molecular complexity index is 804. The fraction of sp³-hybridized carbons (Fsp3) is 0.381. The first-order valence-corrected chi connectivity index (χ1v) is 9.81. The van der Waals surface area contributed by atoms with Crippen molar-refractivity contribution in [3.05, 3.63) is 55.0 Å². The molecule has 7 heteroatoms. The van der Waals surface area contributed by atoms with Gasteiger partial charge in [0.15, 0.2) is 0 Å². The Morgan fingerprint density at radius 2 is 1.71 bits per heavy atom. The predicted molar refractivity (Wildman–Crippen MR) is 112 cm³/mol. The van der Waals surface area contributed by atoms with Crippen LogP contribution in [0.3, 0.4) is 0 Å². The van der Waals surface area contributed by atoms with E-state index in [1.807, 2.05) is 12.3 Å². The molecule has 2 fully saturated rings. The van der Waals surface area contributed by atoms with E-state index < -0.39 is 0 Å². The van der Waals surface area contributed by atoms with Gasteiger partial charge in [-0.05, 0) is 24.6 Å². The molecule has 1 aromatic carbocycles. The molecule has 28 heavy (non-hydrogen) atoms. The molecule has 1 aromatic heterocycles. The molecule has 0 aliphatic carbocycles. The number of hydrogen-bond donors (Lipinski definition) is 1. The largest absolute Gasteiger partial charge is 0.380 e. The lowest BCUT2D eigenvalue weighted by atomic mass is 10.2. The lowest BCUT2D eigenvalue weighted by Gasteiger charge is -2.35. The van der Waals surface area contributed by atoms with Crippen molar-refractivity contribution in [3.8, 4) is 0 Å². The van der Waals surface area contributed by atoms with Crippen molar-refractivity contribution in [2.45, 2.75) is 12.5 Å². The number of nitrogens with zero attached hydrogens (tertiary/aromatic N) is 5. The third-order valence-electron chi connectivity index (χ3n) is 5.31. The van der Waals surface area contributed by atoms with Crippen LogP contribution in [-0.4, -0.2) is 66.5 Å². The van der Waals surface area contributed by atoms with Gasteiger partial charge in [0.25, 0.3) is 0 Å². The summed E-state index contributed by atoms with van der Waals surface area (Å²) in [6.07, 6.45) is 6.99. The molecule has 1 atom stereocenters. The fourth-order valence-corrected chi connectivity index (χ4v) is 3.80. The van der Waals surface area contributed by atoms with Crippen LogP contribution in [0.1, 0.15) is 6.42 Å². The molecule has 2 aromatic rings. The number of aldehydes is 1. The van der Waals surface area contributed by atoms with Gasteiger partial charge in [0.05, 0.1) is 0 Å². The number of benzene rings is 1.